The maximum Gasteiger partial charge on any atom is 0.189 e. The van der Waals surface area contributed by atoms with Gasteiger partial charge in [-0.05, 0) is 218 Å². The van der Waals surface area contributed by atoms with Crippen molar-refractivity contribution in [1.29, 1.82) is 0 Å². The molecule has 5 N–H and O–H groups in total. The van der Waals surface area contributed by atoms with Gasteiger partial charge in [0.05, 0.1) is 28.4 Å². The predicted molar refractivity (Wildman–Crippen MR) is 568 cm³/mol. The monoisotopic (exact) mass is 2000 g/mol. The number of hydrogen-bond acceptors (Lipinski definition) is 20. The van der Waals surface area contributed by atoms with Gasteiger partial charge in [-0.3, -0.25) is 9.89 Å². The van der Waals surface area contributed by atoms with Crippen molar-refractivity contribution in [1.82, 2.24) is 79.3 Å². The lowest BCUT2D eigenvalue weighted by Gasteiger charge is -2.17. The van der Waals surface area contributed by atoms with Crippen LogP contribution in [0.25, 0.3) is 101 Å². The maximum atomic E-state index is 15.7. The van der Waals surface area contributed by atoms with E-state index < -0.39 is 65.9 Å². The summed E-state index contributed by atoms with van der Waals surface area (Å²) in [5.41, 5.74) is 14.9. The first-order chi connectivity index (χ1) is 65.4. The zero-order chi connectivity index (χ0) is 99.6. The number of ether oxygens (including phenoxy) is 8. The average molecular weight is 2000 g/mol. The quantitative estimate of drug-likeness (QED) is 0.0103. The van der Waals surface area contributed by atoms with E-state index in [1.165, 1.54) is 12.1 Å². The molecule has 2 fully saturated rings. The second-order valence-electron chi connectivity index (χ2n) is 44.4. The number of imidazole rings is 3. The molecule has 0 radical (unpaired) electrons. The van der Waals surface area contributed by atoms with Crippen molar-refractivity contribution in [2.24, 2.45) is 0 Å². The number of likely N-dealkylation sites (tertiary alicyclic amines) is 2. The number of benzene rings is 6. The highest BCUT2D eigenvalue weighted by atomic mass is 28.3. The number of likely N-dealkylation sites (N-methyl/N-ethyl adjacent to an activating group) is 2. The van der Waals surface area contributed by atoms with Crippen LogP contribution in [0.5, 0.6) is 17.2 Å². The number of phenolic OH excluding ortho intramolecular Hbond substituents is 1. The van der Waals surface area contributed by atoms with E-state index in [0.717, 1.165) is 199 Å². The van der Waals surface area contributed by atoms with E-state index in [1.54, 1.807) is 24.4 Å². The summed E-state index contributed by atoms with van der Waals surface area (Å²) in [6.07, 6.45) is 10.8. The molecule has 0 saturated carbocycles. The fraction of sp³-hybridized carbons (Fsp3) is 0.524. The third-order valence-corrected chi connectivity index (χ3v) is 35.3. The third kappa shape index (κ3) is 31.3. The standard InChI is InChI=1S/C42H69FN6O4Si3.C37H57FN4O5Si3.C24H27FN6O/c1-12-32-24-40(53-31-52-19-22-56(9,10)11)38(43)25-37(32)33-13-14-36-39(23-33)49(30-51-18-21-55(6,7)8)46-41(36)42-45-35(26-44-34-15-16-47(2)27-34)28-48(42)29-50-17-20-54(3,4)5;1-11-28-21-35(47-27-46-16-19-50(8,9)10)33(38)22-32(28)29-12-13-31-34(20-29)42(26-45-15-18-49(5,6)7)40-36(31)37-39-30(24-43)23-41(37)25-44-14-17-48(2,3)4;1-3-14-9-22(32)20(25)10-19(14)15-4-5-18-21(8-15)29-30-23(18)24-27-12-17(28-24)11-26-16-6-7-31(2)13-16/h13-14,23-25,28,34,44H,12,15-22,26-27,29-31H2,1-11H3;12-13,20-24H,11,14-19,25-27H2,1-10H3;4-5,8-10,12,16,26,32H,3,6-7,11,13H2,1-2H3,(H,27,28)(H,29,30). The predicted octanol–water partition coefficient (Wildman–Crippen LogP) is 22.6. The van der Waals surface area contributed by atoms with Crippen molar-refractivity contribution >= 4 is 87.4 Å². The van der Waals surface area contributed by atoms with Crippen molar-refractivity contribution in [2.45, 2.75) is 259 Å². The van der Waals surface area contributed by atoms with Crippen molar-refractivity contribution in [2.75, 3.05) is 93.5 Å². The molecule has 0 bridgehead atoms. The first-order valence-corrected chi connectivity index (χ1v) is 71.5. The summed E-state index contributed by atoms with van der Waals surface area (Å²) in [6.45, 7) is 58.9. The van der Waals surface area contributed by atoms with Gasteiger partial charge in [0.2, 0.25) is 0 Å². The Balaban J connectivity index is 0.000000192. The number of halogens is 3. The zero-order valence-electron chi connectivity index (χ0n) is 86.3. The van der Waals surface area contributed by atoms with E-state index in [-0.39, 0.29) is 44.3 Å². The molecule has 2 saturated heterocycles. The Morgan fingerprint density at radius 3 is 1.31 bits per heavy atom. The van der Waals surface area contributed by atoms with E-state index in [1.807, 2.05) is 69.5 Å². The molecule has 2 aliphatic rings. The lowest BCUT2D eigenvalue weighted by atomic mass is 9.96. The largest absolute Gasteiger partial charge is 0.505 e. The molecule has 0 aliphatic carbocycles. The minimum atomic E-state index is -1.29. The Hall–Kier alpha value is -8.88. The highest BCUT2D eigenvalue weighted by Crippen LogP contribution is 2.40. The van der Waals surface area contributed by atoms with E-state index in [0.29, 0.717) is 114 Å². The fourth-order valence-electron chi connectivity index (χ4n) is 16.4. The number of aromatic amines is 2. The molecule has 8 heterocycles. The summed E-state index contributed by atoms with van der Waals surface area (Å²) in [5.74, 6) is 0.651. The van der Waals surface area contributed by atoms with Gasteiger partial charge in [0.15, 0.2) is 72.0 Å². The molecule has 0 spiro atoms. The molecule has 14 rings (SSSR count). The molecule has 26 nitrogen and oxygen atoms in total. The number of carbonyl (C=O) groups is 1. The smallest absolute Gasteiger partial charge is 0.189 e. The van der Waals surface area contributed by atoms with E-state index in [2.05, 4.69) is 220 Å². The molecule has 2 unspecified atom stereocenters. The minimum absolute atomic E-state index is 0.0143. The lowest BCUT2D eigenvalue weighted by molar-refractivity contribution is 0.0195. The Bertz CT molecular complexity index is 6020. The van der Waals surface area contributed by atoms with Crippen molar-refractivity contribution in [3.63, 3.8) is 0 Å². The van der Waals surface area contributed by atoms with Crippen LogP contribution in [0.2, 0.25) is 154 Å². The second-order valence-corrected chi connectivity index (χ2v) is 78.1. The number of aromatic hydroxyl groups is 1. The number of carbonyl (C=O) groups excluding carboxylic acids is 1. The molecular weight excluding hydrogens is 1850 g/mol. The molecule has 2 aliphatic heterocycles. The Morgan fingerprint density at radius 2 is 0.877 bits per heavy atom. The lowest BCUT2D eigenvalue weighted by Crippen LogP contribution is -2.31. The van der Waals surface area contributed by atoms with Gasteiger partial charge >= 0.3 is 0 Å². The Labute approximate surface area is 821 Å². The molecule has 138 heavy (non-hydrogen) atoms. The maximum absolute atomic E-state index is 15.7. The first kappa shape index (κ1) is 108. The molecule has 12 aromatic rings. The normalized spacial score (nSPS) is 14.9. The molecule has 750 valence electrons. The molecule has 6 aromatic heterocycles. The van der Waals surface area contributed by atoms with Crippen LogP contribution in [0.15, 0.2) is 110 Å². The second kappa shape index (κ2) is 48.3. The highest BCUT2D eigenvalue weighted by Gasteiger charge is 2.29. The number of nitrogens with zero attached hydrogens (tertiary/aromatic N) is 12. The van der Waals surface area contributed by atoms with Gasteiger partial charge in [-0.25, -0.2) is 37.5 Å². The van der Waals surface area contributed by atoms with Crippen LogP contribution < -0.4 is 20.1 Å². The summed E-state index contributed by atoms with van der Waals surface area (Å²) in [5, 5.41) is 37.5. The Kier molecular flexibility index (Phi) is 37.8. The van der Waals surface area contributed by atoms with Crippen LogP contribution in [0, 0.1) is 17.5 Å². The van der Waals surface area contributed by atoms with Crippen molar-refractivity contribution < 1.29 is 61.0 Å². The number of H-pyrrole nitrogens is 2. The Morgan fingerprint density at radius 1 is 0.471 bits per heavy atom. The summed E-state index contributed by atoms with van der Waals surface area (Å²) >= 11 is 0. The molecule has 0 amide bonds. The van der Waals surface area contributed by atoms with Crippen LogP contribution in [0.4, 0.5) is 13.2 Å². The van der Waals surface area contributed by atoms with Gasteiger partial charge in [0.25, 0.3) is 0 Å². The molecule has 6 aromatic carbocycles. The number of aromatic nitrogens is 12. The van der Waals surface area contributed by atoms with Gasteiger partial charge in [-0.15, -0.1) is 0 Å². The van der Waals surface area contributed by atoms with Gasteiger partial charge in [-0.2, -0.15) is 15.3 Å². The van der Waals surface area contributed by atoms with Crippen LogP contribution in [-0.4, -0.2) is 234 Å². The van der Waals surface area contributed by atoms with Crippen LogP contribution >= 0.6 is 0 Å². The molecule has 35 heteroatoms. The highest BCUT2D eigenvalue weighted by molar-refractivity contribution is 6.78. The van der Waals surface area contributed by atoms with Gasteiger partial charge in [0.1, 0.15) is 49.7 Å². The van der Waals surface area contributed by atoms with Gasteiger partial charge < -0.3 is 77.6 Å². The number of nitrogens with one attached hydrogen (secondary N) is 4. The van der Waals surface area contributed by atoms with Gasteiger partial charge in [-0.1, -0.05) is 157 Å². The van der Waals surface area contributed by atoms with Crippen LogP contribution in [-0.2, 0) is 87.7 Å². The van der Waals surface area contributed by atoms with E-state index >= 15 is 8.78 Å². The number of phenols is 1. The van der Waals surface area contributed by atoms with Gasteiger partial charge in [0, 0.05) is 161 Å². The molecule has 2 atom stereocenters. The third-order valence-electron chi connectivity index (χ3n) is 25.0. The summed E-state index contributed by atoms with van der Waals surface area (Å²) in [6, 6.07) is 35.0. The molecular formula is C103H153F3N16O10Si6. The van der Waals surface area contributed by atoms with Crippen LogP contribution in [0.1, 0.15) is 72.2 Å². The average Bonchev–Trinajstić information content (AvgIpc) is 1.60. The van der Waals surface area contributed by atoms with Crippen molar-refractivity contribution in [3.8, 4) is 85.2 Å². The number of aryl methyl sites for hydroxylation is 3. The summed E-state index contributed by atoms with van der Waals surface area (Å²) in [4.78, 5) is 34.2. The number of rotatable bonds is 48. The summed E-state index contributed by atoms with van der Waals surface area (Å²) in [7, 11) is -3.22. The van der Waals surface area contributed by atoms with Crippen LogP contribution in [0.3, 0.4) is 0 Å². The SMILES string of the molecule is CCc1cc(O)c(F)cc1-c1ccc2c(-c3ncc(CNC4CCN(C)C4)[nH]3)n[nH]c2c1.CCc1cc(OCOCC[Si](C)(C)C)c(F)cc1-c1ccc2c(-c3nc(C=O)cn3COCC[Si](C)(C)C)nn(COCC[Si](C)(C)C)c2c1.CCc1cc(OCOCC[Si](C)(C)C)c(F)cc1-c1ccc2c(-c3nc(CNC4CCN(C)C4)cn3COCC[Si](C)(C)C)nn(COCC[Si](C)(C)C)c2c1. The fourth-order valence-corrected chi connectivity index (χ4v) is 20.9. The first-order valence-electron chi connectivity index (χ1n) is 49.2. The number of aldehydes is 1. The topological polar surface area (TPSA) is 270 Å². The number of hydrogen-bond donors (Lipinski definition) is 5. The minimum Gasteiger partial charge on any atom is -0.505 e. The van der Waals surface area contributed by atoms with E-state index in [4.69, 9.17) is 53.1 Å². The van der Waals surface area contributed by atoms with E-state index in [9.17, 15) is 14.3 Å². The van der Waals surface area contributed by atoms with Crippen molar-refractivity contribution in [3.05, 3.63) is 161 Å². The number of fused-ring (bicyclic) bond motifs is 3. The zero-order valence-corrected chi connectivity index (χ0v) is 92.3. The summed E-state index contributed by atoms with van der Waals surface area (Å²) < 4.78 is 101.